The number of furan rings is 1. The van der Waals surface area contributed by atoms with Gasteiger partial charge >= 0.3 is 5.97 Å². The Kier molecular flexibility index (Phi) is 3.67. The maximum absolute atomic E-state index is 11.7. The van der Waals surface area contributed by atoms with Crippen LogP contribution in [-0.2, 0) is 11.3 Å². The third-order valence-corrected chi connectivity index (χ3v) is 2.58. The lowest BCUT2D eigenvalue weighted by molar-refractivity contribution is 0.0470. The third kappa shape index (κ3) is 2.71. The van der Waals surface area contributed by atoms with Crippen molar-refractivity contribution in [3.8, 4) is 5.75 Å². The molecule has 0 saturated heterocycles. The van der Waals surface area contributed by atoms with Gasteiger partial charge in [0.2, 0.25) is 0 Å². The summed E-state index contributed by atoms with van der Waals surface area (Å²) in [6.45, 7) is 1.93. The molecule has 1 heterocycles. The molecule has 0 saturated carbocycles. The summed E-state index contributed by atoms with van der Waals surface area (Å²) in [7, 11) is 1.60. The van der Waals surface area contributed by atoms with E-state index in [0.29, 0.717) is 11.3 Å². The molecular weight excluding hydrogens is 232 g/mol. The number of benzene rings is 1. The van der Waals surface area contributed by atoms with Crippen LogP contribution in [0.15, 0.2) is 41.0 Å². The van der Waals surface area contributed by atoms with Crippen LogP contribution in [0.5, 0.6) is 5.75 Å². The van der Waals surface area contributed by atoms with Crippen molar-refractivity contribution in [1.29, 1.82) is 0 Å². The van der Waals surface area contributed by atoms with Crippen LogP contribution in [0.3, 0.4) is 0 Å². The maximum Gasteiger partial charge on any atom is 0.342 e. The molecule has 0 spiro atoms. The van der Waals surface area contributed by atoms with E-state index < -0.39 is 0 Å². The number of carbonyl (C=O) groups is 1. The largest absolute Gasteiger partial charge is 0.497 e. The van der Waals surface area contributed by atoms with E-state index in [4.69, 9.17) is 13.9 Å². The lowest BCUT2D eigenvalue weighted by Crippen LogP contribution is -2.05. The first-order chi connectivity index (χ1) is 8.70. The number of hydrogen-bond acceptors (Lipinski definition) is 4. The van der Waals surface area contributed by atoms with Gasteiger partial charge in [0, 0.05) is 0 Å². The normalized spacial score (nSPS) is 10.1. The molecule has 4 heteroatoms. The van der Waals surface area contributed by atoms with Gasteiger partial charge < -0.3 is 13.9 Å². The predicted octanol–water partition coefficient (Wildman–Crippen LogP) is 2.95. The summed E-state index contributed by atoms with van der Waals surface area (Å²) in [5, 5.41) is 0. The number of aryl methyl sites for hydroxylation is 1. The molecule has 0 amide bonds. The molecule has 0 N–H and O–H groups in total. The molecule has 94 valence electrons. The number of ether oxygens (including phenoxy) is 2. The molecule has 0 unspecified atom stereocenters. The molecule has 0 atom stereocenters. The van der Waals surface area contributed by atoms with Crippen molar-refractivity contribution in [2.24, 2.45) is 0 Å². The summed E-state index contributed by atoms with van der Waals surface area (Å²) in [6, 6.07) is 8.99. The summed E-state index contributed by atoms with van der Waals surface area (Å²) in [5.74, 6) is 0.915. The number of rotatable bonds is 4. The minimum Gasteiger partial charge on any atom is -0.497 e. The van der Waals surface area contributed by atoms with Gasteiger partial charge in [0.05, 0.1) is 13.4 Å². The smallest absolute Gasteiger partial charge is 0.342 e. The summed E-state index contributed by atoms with van der Waals surface area (Å²) in [5.41, 5.74) is 1.33. The van der Waals surface area contributed by atoms with Crippen molar-refractivity contribution in [1.82, 2.24) is 0 Å². The summed E-state index contributed by atoms with van der Waals surface area (Å²) >= 11 is 0. The Bertz CT molecular complexity index is 542. The first-order valence-corrected chi connectivity index (χ1v) is 5.55. The van der Waals surface area contributed by atoms with Crippen molar-refractivity contribution >= 4 is 5.97 Å². The minimum absolute atomic E-state index is 0.209. The summed E-state index contributed by atoms with van der Waals surface area (Å²) in [4.78, 5) is 11.7. The van der Waals surface area contributed by atoms with E-state index in [1.165, 1.54) is 6.26 Å². The van der Waals surface area contributed by atoms with E-state index >= 15 is 0 Å². The first-order valence-electron chi connectivity index (χ1n) is 5.55. The Morgan fingerprint density at radius 3 is 2.83 bits per heavy atom. The Labute approximate surface area is 105 Å². The molecule has 0 fully saturated rings. The van der Waals surface area contributed by atoms with Gasteiger partial charge in [-0.3, -0.25) is 0 Å². The van der Waals surface area contributed by atoms with Crippen LogP contribution < -0.4 is 4.74 Å². The van der Waals surface area contributed by atoms with Crippen molar-refractivity contribution in [2.75, 3.05) is 7.11 Å². The van der Waals surface area contributed by atoms with Gasteiger partial charge in [-0.05, 0) is 30.7 Å². The van der Waals surface area contributed by atoms with E-state index in [1.54, 1.807) is 20.1 Å². The van der Waals surface area contributed by atoms with Gasteiger partial charge in [-0.2, -0.15) is 0 Å². The lowest BCUT2D eigenvalue weighted by atomic mass is 10.2. The number of methoxy groups -OCH3 is 1. The van der Waals surface area contributed by atoms with Crippen LogP contribution >= 0.6 is 0 Å². The Morgan fingerprint density at radius 2 is 2.17 bits per heavy atom. The molecule has 2 aromatic rings. The van der Waals surface area contributed by atoms with Crippen LogP contribution in [0.1, 0.15) is 21.7 Å². The Balaban J connectivity index is 1.99. The molecule has 1 aromatic carbocycles. The molecule has 1 aromatic heterocycles. The number of carbonyl (C=O) groups excluding carboxylic acids is 1. The van der Waals surface area contributed by atoms with Crippen molar-refractivity contribution in [3.05, 3.63) is 53.5 Å². The fourth-order valence-corrected chi connectivity index (χ4v) is 1.59. The van der Waals surface area contributed by atoms with E-state index in [2.05, 4.69) is 0 Å². The van der Waals surface area contributed by atoms with Gasteiger partial charge in [0.25, 0.3) is 0 Å². The van der Waals surface area contributed by atoms with Crippen LogP contribution in [0.4, 0.5) is 0 Å². The third-order valence-electron chi connectivity index (χ3n) is 2.58. The zero-order valence-electron chi connectivity index (χ0n) is 10.3. The molecule has 2 rings (SSSR count). The average Bonchev–Trinajstić information content (AvgIpc) is 2.82. The van der Waals surface area contributed by atoms with Crippen LogP contribution in [-0.4, -0.2) is 13.1 Å². The molecular formula is C14H14O4. The second kappa shape index (κ2) is 5.40. The van der Waals surface area contributed by atoms with E-state index in [9.17, 15) is 4.79 Å². The lowest BCUT2D eigenvalue weighted by Gasteiger charge is -2.06. The van der Waals surface area contributed by atoms with Crippen LogP contribution in [0.2, 0.25) is 0 Å². The summed E-state index contributed by atoms with van der Waals surface area (Å²) < 4.78 is 15.3. The Morgan fingerprint density at radius 1 is 1.33 bits per heavy atom. The van der Waals surface area contributed by atoms with Gasteiger partial charge in [0.15, 0.2) is 0 Å². The van der Waals surface area contributed by atoms with Gasteiger partial charge in [-0.25, -0.2) is 4.79 Å². The second-order valence-electron chi connectivity index (χ2n) is 3.82. The summed E-state index contributed by atoms with van der Waals surface area (Å²) in [6.07, 6.45) is 1.47. The molecule has 0 aliphatic carbocycles. The molecule has 0 aliphatic heterocycles. The highest BCUT2D eigenvalue weighted by molar-refractivity contribution is 5.90. The fourth-order valence-electron chi connectivity index (χ4n) is 1.59. The van der Waals surface area contributed by atoms with Gasteiger partial charge in [-0.15, -0.1) is 0 Å². The molecule has 4 nitrogen and oxygen atoms in total. The fraction of sp³-hybridized carbons (Fsp3) is 0.214. The molecule has 0 bridgehead atoms. The Hall–Kier alpha value is -2.23. The van der Waals surface area contributed by atoms with Gasteiger partial charge in [-0.1, -0.05) is 12.1 Å². The van der Waals surface area contributed by atoms with Crippen molar-refractivity contribution in [3.63, 3.8) is 0 Å². The second-order valence-corrected chi connectivity index (χ2v) is 3.82. The first kappa shape index (κ1) is 12.2. The highest BCUT2D eigenvalue weighted by Gasteiger charge is 2.12. The quantitative estimate of drug-likeness (QED) is 0.778. The van der Waals surface area contributed by atoms with Crippen LogP contribution in [0, 0.1) is 6.92 Å². The van der Waals surface area contributed by atoms with Gasteiger partial charge in [0.1, 0.15) is 23.7 Å². The zero-order valence-corrected chi connectivity index (χ0v) is 10.3. The SMILES string of the molecule is COc1cccc(COC(=O)c2ccoc2C)c1. The predicted molar refractivity (Wildman–Crippen MR) is 65.6 cm³/mol. The maximum atomic E-state index is 11.7. The van der Waals surface area contributed by atoms with Crippen LogP contribution in [0.25, 0.3) is 0 Å². The molecule has 18 heavy (non-hydrogen) atoms. The minimum atomic E-state index is -0.385. The van der Waals surface area contributed by atoms with Crippen molar-refractivity contribution in [2.45, 2.75) is 13.5 Å². The topological polar surface area (TPSA) is 48.7 Å². The number of esters is 1. The molecule has 0 aliphatic rings. The highest BCUT2D eigenvalue weighted by atomic mass is 16.5. The monoisotopic (exact) mass is 246 g/mol. The van der Waals surface area contributed by atoms with E-state index in [0.717, 1.165) is 11.3 Å². The highest BCUT2D eigenvalue weighted by Crippen LogP contribution is 2.15. The zero-order chi connectivity index (χ0) is 13.0. The standard InChI is InChI=1S/C14H14O4/c1-10-13(6-7-17-10)14(15)18-9-11-4-3-5-12(8-11)16-2/h3-8H,9H2,1-2H3. The average molecular weight is 246 g/mol. The van der Waals surface area contributed by atoms with E-state index in [-0.39, 0.29) is 12.6 Å². The number of hydrogen-bond donors (Lipinski definition) is 0. The van der Waals surface area contributed by atoms with E-state index in [1.807, 2.05) is 24.3 Å². The molecule has 0 radical (unpaired) electrons. The van der Waals surface area contributed by atoms with Crippen molar-refractivity contribution < 1.29 is 18.7 Å².